The van der Waals surface area contributed by atoms with Gasteiger partial charge in [-0.1, -0.05) is 0 Å². The van der Waals surface area contributed by atoms with Crippen molar-refractivity contribution in [3.05, 3.63) is 0 Å². The van der Waals surface area contributed by atoms with E-state index >= 15 is 0 Å². The van der Waals surface area contributed by atoms with Crippen molar-refractivity contribution in [1.82, 2.24) is 10.7 Å². The molecule has 84 valence electrons. The fourth-order valence-electron chi connectivity index (χ4n) is 0.953. The van der Waals surface area contributed by atoms with Gasteiger partial charge in [-0.15, -0.1) is 5.10 Å². The number of unbranched alkanes of at least 4 members (excludes halogenated alkanes) is 1. The van der Waals surface area contributed by atoms with Crippen molar-refractivity contribution in [1.29, 1.82) is 0 Å². The smallest absolute Gasteiger partial charge is 0.208 e. The van der Waals surface area contributed by atoms with Gasteiger partial charge >= 0.3 is 0 Å². The van der Waals surface area contributed by atoms with Crippen molar-refractivity contribution in [3.8, 4) is 0 Å². The highest BCUT2D eigenvalue weighted by molar-refractivity contribution is 5.75. The Labute approximate surface area is 85.3 Å². The van der Waals surface area contributed by atoms with E-state index < -0.39 is 0 Å². The molecular weight excluding hydrogens is 180 g/mol. The highest BCUT2D eigenvalue weighted by atomic mass is 15.3. The molecule has 0 aliphatic rings. The molecule has 6 heteroatoms. The Morgan fingerprint density at radius 2 is 1.64 bits per heavy atom. The molecule has 0 spiro atoms. The molecule has 0 atom stereocenters. The molecule has 8 N–H and O–H groups in total. The van der Waals surface area contributed by atoms with Gasteiger partial charge in [-0.05, 0) is 38.9 Å². The lowest BCUT2D eigenvalue weighted by atomic mass is 10.3. The minimum atomic E-state index is 0.0751. The summed E-state index contributed by atoms with van der Waals surface area (Å²) in [6.07, 6.45) is 3.19. The van der Waals surface area contributed by atoms with E-state index in [0.29, 0.717) is 0 Å². The molecule has 0 rings (SSSR count). The van der Waals surface area contributed by atoms with Gasteiger partial charge in [0.2, 0.25) is 5.96 Å². The third-order valence-electron chi connectivity index (χ3n) is 1.66. The van der Waals surface area contributed by atoms with Crippen LogP contribution in [0.25, 0.3) is 0 Å². The third-order valence-corrected chi connectivity index (χ3v) is 1.66. The quantitative estimate of drug-likeness (QED) is 0.135. The maximum absolute atomic E-state index is 5.35. The maximum Gasteiger partial charge on any atom is 0.208 e. The van der Waals surface area contributed by atoms with Gasteiger partial charge in [-0.3, -0.25) is 0 Å². The summed E-state index contributed by atoms with van der Waals surface area (Å²) in [6, 6.07) is 0. The number of hydrogen-bond donors (Lipinski definition) is 5. The molecule has 0 heterocycles. The first-order chi connectivity index (χ1) is 6.77. The van der Waals surface area contributed by atoms with Crippen molar-refractivity contribution in [3.63, 3.8) is 0 Å². The van der Waals surface area contributed by atoms with Crippen LogP contribution >= 0.6 is 0 Å². The second kappa shape index (κ2) is 10.1. The Kier molecular flexibility index (Phi) is 9.35. The average molecular weight is 202 g/mol. The molecule has 0 aromatic rings. The highest BCUT2D eigenvalue weighted by Crippen LogP contribution is 1.84. The molecule has 0 radical (unpaired) electrons. The van der Waals surface area contributed by atoms with E-state index in [1.807, 2.05) is 0 Å². The van der Waals surface area contributed by atoms with E-state index in [4.69, 9.17) is 17.2 Å². The summed E-state index contributed by atoms with van der Waals surface area (Å²) in [6.45, 7) is 3.57. The fraction of sp³-hybridized carbons (Fsp3) is 0.875. The number of nitrogens with zero attached hydrogens (tertiary/aromatic N) is 1. The van der Waals surface area contributed by atoms with Crippen LogP contribution in [0.15, 0.2) is 5.10 Å². The van der Waals surface area contributed by atoms with Gasteiger partial charge in [0.1, 0.15) is 0 Å². The van der Waals surface area contributed by atoms with E-state index in [-0.39, 0.29) is 5.96 Å². The molecule has 6 nitrogen and oxygen atoms in total. The average Bonchev–Trinajstić information content (AvgIpc) is 2.15. The zero-order chi connectivity index (χ0) is 10.6. The third kappa shape index (κ3) is 11.0. The first kappa shape index (κ1) is 13.0. The monoisotopic (exact) mass is 202 g/mol. The van der Waals surface area contributed by atoms with Crippen LogP contribution < -0.4 is 27.9 Å². The van der Waals surface area contributed by atoms with E-state index in [1.165, 1.54) is 0 Å². The molecule has 14 heavy (non-hydrogen) atoms. The second-order valence-electron chi connectivity index (χ2n) is 3.04. The summed E-state index contributed by atoms with van der Waals surface area (Å²) in [5.41, 5.74) is 18.4. The summed E-state index contributed by atoms with van der Waals surface area (Å²) in [7, 11) is 0. The van der Waals surface area contributed by atoms with Crippen molar-refractivity contribution in [2.75, 3.05) is 26.2 Å². The number of nitrogens with one attached hydrogen (secondary N) is 2. The zero-order valence-electron chi connectivity index (χ0n) is 8.63. The Morgan fingerprint density at radius 1 is 1.00 bits per heavy atom. The zero-order valence-corrected chi connectivity index (χ0v) is 8.63. The van der Waals surface area contributed by atoms with Gasteiger partial charge in [-0.2, -0.15) is 0 Å². The van der Waals surface area contributed by atoms with E-state index in [1.54, 1.807) is 0 Å². The predicted octanol–water partition coefficient (Wildman–Crippen LogP) is -1.52. The van der Waals surface area contributed by atoms with Crippen molar-refractivity contribution in [2.45, 2.75) is 19.3 Å². The van der Waals surface area contributed by atoms with Crippen LogP contribution in [0.2, 0.25) is 0 Å². The summed E-state index contributed by atoms with van der Waals surface area (Å²) >= 11 is 0. The van der Waals surface area contributed by atoms with Gasteiger partial charge < -0.3 is 27.9 Å². The molecule has 0 saturated carbocycles. The van der Waals surface area contributed by atoms with Crippen molar-refractivity contribution in [2.24, 2.45) is 22.3 Å². The molecular formula is C8H22N6. The molecule has 0 saturated heterocycles. The molecule has 0 fully saturated rings. The van der Waals surface area contributed by atoms with E-state index in [9.17, 15) is 0 Å². The lowest BCUT2D eigenvalue weighted by Crippen LogP contribution is -2.27. The Hall–Kier alpha value is -1.01. The number of nitrogens with two attached hydrogens (primary N) is 3. The lowest BCUT2D eigenvalue weighted by Gasteiger charge is -2.03. The minimum Gasteiger partial charge on any atom is -0.369 e. The Bertz CT molecular complexity index is 143. The van der Waals surface area contributed by atoms with Gasteiger partial charge in [0, 0.05) is 6.54 Å². The first-order valence-electron chi connectivity index (χ1n) is 4.99. The maximum atomic E-state index is 5.35. The number of hydrazone groups is 1. The van der Waals surface area contributed by atoms with Gasteiger partial charge in [0.05, 0.1) is 0 Å². The van der Waals surface area contributed by atoms with Crippen LogP contribution in [0.1, 0.15) is 19.3 Å². The van der Waals surface area contributed by atoms with E-state index in [2.05, 4.69) is 15.8 Å². The Morgan fingerprint density at radius 3 is 2.29 bits per heavy atom. The Balaban J connectivity index is 2.96. The van der Waals surface area contributed by atoms with Gasteiger partial charge in [-0.25, -0.2) is 0 Å². The molecule has 0 bridgehead atoms. The first-order valence-corrected chi connectivity index (χ1v) is 4.99. The normalized spacial score (nSPS) is 9.79. The van der Waals surface area contributed by atoms with Crippen LogP contribution in [0.4, 0.5) is 0 Å². The summed E-state index contributed by atoms with van der Waals surface area (Å²) in [5, 5.41) is 6.95. The van der Waals surface area contributed by atoms with Gasteiger partial charge in [0.15, 0.2) is 0 Å². The summed E-state index contributed by atoms with van der Waals surface area (Å²) < 4.78 is 0. The minimum absolute atomic E-state index is 0.0751. The lowest BCUT2D eigenvalue weighted by molar-refractivity contribution is 0.584. The SMILES string of the molecule is NCCCNCCCCNN=C(N)N. The van der Waals surface area contributed by atoms with Crippen LogP contribution in [0, 0.1) is 0 Å². The molecule has 0 amide bonds. The second-order valence-corrected chi connectivity index (χ2v) is 3.04. The topological polar surface area (TPSA) is 114 Å². The number of rotatable bonds is 9. The predicted molar refractivity (Wildman–Crippen MR) is 59.6 cm³/mol. The summed E-state index contributed by atoms with van der Waals surface area (Å²) in [4.78, 5) is 0. The van der Waals surface area contributed by atoms with Crippen molar-refractivity contribution < 1.29 is 0 Å². The molecule has 0 aliphatic carbocycles. The van der Waals surface area contributed by atoms with Crippen molar-refractivity contribution >= 4 is 5.96 Å². The largest absolute Gasteiger partial charge is 0.369 e. The number of guanidine groups is 1. The van der Waals surface area contributed by atoms with Crippen LogP contribution in [0.5, 0.6) is 0 Å². The van der Waals surface area contributed by atoms with Crippen LogP contribution in [-0.2, 0) is 0 Å². The molecule has 0 aromatic carbocycles. The summed E-state index contributed by atoms with van der Waals surface area (Å²) in [5.74, 6) is 0.0751. The van der Waals surface area contributed by atoms with Crippen LogP contribution in [0.3, 0.4) is 0 Å². The van der Waals surface area contributed by atoms with E-state index in [0.717, 1.165) is 45.4 Å². The highest BCUT2D eigenvalue weighted by Gasteiger charge is 1.88. The molecule has 0 aliphatic heterocycles. The van der Waals surface area contributed by atoms with Crippen LogP contribution in [-0.4, -0.2) is 32.1 Å². The standard InChI is InChI=1S/C8H22N6/c9-4-3-6-12-5-1-2-7-13-14-8(10)11/h12-13H,1-7,9H2,(H4,10,11,14). The molecule has 0 unspecified atom stereocenters. The number of hydrogen-bond acceptors (Lipinski definition) is 4. The molecule has 0 aromatic heterocycles. The van der Waals surface area contributed by atoms with Gasteiger partial charge in [0.25, 0.3) is 0 Å². The fourth-order valence-corrected chi connectivity index (χ4v) is 0.953.